The maximum absolute atomic E-state index is 14.5. The Bertz CT molecular complexity index is 4130. The topological polar surface area (TPSA) is 131 Å². The molecular weight excluding hydrogens is 994 g/mol. The summed E-state index contributed by atoms with van der Waals surface area (Å²) in [5.41, 5.74) is 22.0. The standard InChI is InChI=1S/C33H30F2N4O.C33H31FN4O/c1-18-3-5-24-26-7-9-36-30(32(26)38-28(24)11-18)14-20(19-12-21(34)16-22(35)13-19)15-31-33-27(8-10-37-31)25-6-4-23(40-2)17-29(25)39-33;1-19-3-9-24-26-11-13-35-30(32(26)37-28(24)15-19)16-21(20-4-6-22(34)7-5-20)17-31-33-27(12-14-36-31)25-10-8-23(39-2)18-29(25)38-33/h3-6,11-13,16-17,20,38-39H,7-10,14-15H2,1-2H3;3-10,15,18,21,37-38H,11-14,16-17H2,1-2H3. The van der Waals surface area contributed by atoms with Gasteiger partial charge < -0.3 is 29.4 Å². The van der Waals surface area contributed by atoms with Crippen LogP contribution in [0.5, 0.6) is 11.5 Å². The summed E-state index contributed by atoms with van der Waals surface area (Å²) in [4.78, 5) is 34.4. The lowest BCUT2D eigenvalue weighted by molar-refractivity contribution is 0.415. The van der Waals surface area contributed by atoms with E-state index in [4.69, 9.17) is 29.4 Å². The molecule has 14 rings (SSSR count). The number of ether oxygens (including phenoxy) is 2. The monoisotopic (exact) mass is 1050 g/mol. The molecule has 0 saturated carbocycles. The van der Waals surface area contributed by atoms with Crippen LogP contribution in [0.25, 0.3) is 43.6 Å². The van der Waals surface area contributed by atoms with Crippen molar-refractivity contribution in [3.63, 3.8) is 0 Å². The minimum atomic E-state index is -0.573. The van der Waals surface area contributed by atoms with Crippen LogP contribution >= 0.6 is 0 Å². The van der Waals surface area contributed by atoms with Gasteiger partial charge in [0.15, 0.2) is 0 Å². The first-order valence-electron chi connectivity index (χ1n) is 27.5. The highest BCUT2D eigenvalue weighted by molar-refractivity contribution is 6.11. The summed E-state index contributed by atoms with van der Waals surface area (Å²) >= 11 is 0. The van der Waals surface area contributed by atoms with Gasteiger partial charge in [-0.15, -0.1) is 0 Å². The van der Waals surface area contributed by atoms with Crippen LogP contribution in [0.2, 0.25) is 0 Å². The second kappa shape index (κ2) is 20.7. The van der Waals surface area contributed by atoms with Crippen LogP contribution in [0.3, 0.4) is 0 Å². The van der Waals surface area contributed by atoms with Gasteiger partial charge in [0.05, 0.1) is 59.8 Å². The summed E-state index contributed by atoms with van der Waals surface area (Å²) in [6, 6.07) is 36.1. The van der Waals surface area contributed by atoms with Gasteiger partial charge in [-0.25, -0.2) is 13.2 Å². The largest absolute Gasteiger partial charge is 0.497 e. The summed E-state index contributed by atoms with van der Waals surface area (Å²) in [5, 5.41) is 4.89. The lowest BCUT2D eigenvalue weighted by Gasteiger charge is -2.23. The molecular formula is C66H61F3N8O2. The molecule has 8 heterocycles. The average molecular weight is 1060 g/mol. The molecule has 398 valence electrons. The molecule has 0 radical (unpaired) electrons. The Morgan fingerprint density at radius 3 is 1.10 bits per heavy atom. The Labute approximate surface area is 456 Å². The Morgan fingerprint density at radius 2 is 0.734 bits per heavy atom. The Morgan fingerprint density at radius 1 is 0.392 bits per heavy atom. The summed E-state index contributed by atoms with van der Waals surface area (Å²) in [6.45, 7) is 7.14. The third-order valence-electron chi connectivity index (χ3n) is 16.6. The first-order valence-corrected chi connectivity index (χ1v) is 27.5. The number of benzene rings is 6. The molecule has 0 bridgehead atoms. The molecule has 6 aromatic carbocycles. The quantitative estimate of drug-likeness (QED) is 0.0971. The zero-order chi connectivity index (χ0) is 53.9. The van der Waals surface area contributed by atoms with E-state index in [1.807, 2.05) is 30.3 Å². The number of methoxy groups -OCH3 is 2. The van der Waals surface area contributed by atoms with Crippen molar-refractivity contribution >= 4 is 66.5 Å². The number of nitrogens with one attached hydrogen (secondary N) is 4. The van der Waals surface area contributed by atoms with Crippen LogP contribution in [0.1, 0.15) is 105 Å². The molecule has 13 heteroatoms. The number of fused-ring (bicyclic) bond motifs is 12. The SMILES string of the molecule is COc1ccc2c3c([nH]c2c1)C(CC(CC1=NCCc2c1[nH]c1cc(C)ccc21)c1cc(F)cc(F)c1)=NCC3.COc1ccc2c3c([nH]c2c1)C(CC(CC1=NCCc2c1[nH]c1cc(C)ccc21)c1ccc(F)cc1)=NCC3. The number of hydrogen-bond acceptors (Lipinski definition) is 6. The second-order valence-electron chi connectivity index (χ2n) is 21.6. The van der Waals surface area contributed by atoms with Gasteiger partial charge in [0.1, 0.15) is 29.0 Å². The lowest BCUT2D eigenvalue weighted by atomic mass is 9.84. The van der Waals surface area contributed by atoms with Gasteiger partial charge in [0.2, 0.25) is 0 Å². The molecule has 4 aliphatic rings. The van der Waals surface area contributed by atoms with Crippen molar-refractivity contribution in [2.75, 3.05) is 40.4 Å². The third kappa shape index (κ3) is 9.63. The van der Waals surface area contributed by atoms with Gasteiger partial charge in [0.25, 0.3) is 0 Å². The normalized spacial score (nSPS) is 15.5. The fourth-order valence-electron chi connectivity index (χ4n) is 12.8. The molecule has 4 aliphatic heterocycles. The van der Waals surface area contributed by atoms with Crippen molar-refractivity contribution in [3.8, 4) is 11.5 Å². The molecule has 4 aromatic heterocycles. The van der Waals surface area contributed by atoms with Crippen molar-refractivity contribution in [3.05, 3.63) is 200 Å². The molecule has 2 unspecified atom stereocenters. The van der Waals surface area contributed by atoms with Gasteiger partial charge in [-0.05, 0) is 182 Å². The fourth-order valence-corrected chi connectivity index (χ4v) is 12.8. The van der Waals surface area contributed by atoms with Crippen LogP contribution in [0.4, 0.5) is 13.2 Å². The van der Waals surface area contributed by atoms with Crippen molar-refractivity contribution in [2.24, 2.45) is 20.0 Å². The maximum Gasteiger partial charge on any atom is 0.126 e. The minimum Gasteiger partial charge on any atom is -0.497 e. The van der Waals surface area contributed by atoms with E-state index in [-0.39, 0.29) is 17.7 Å². The minimum absolute atomic E-state index is 0.106. The number of aliphatic imine (C=N–C) groups is 4. The molecule has 10 nitrogen and oxygen atoms in total. The van der Waals surface area contributed by atoms with Gasteiger partial charge in [-0.3, -0.25) is 20.0 Å². The van der Waals surface area contributed by atoms with E-state index in [1.165, 1.54) is 67.2 Å². The Hall–Kier alpha value is -8.45. The maximum atomic E-state index is 14.5. The number of nitrogens with zero attached hydrogens (tertiary/aromatic N) is 4. The van der Waals surface area contributed by atoms with E-state index in [0.717, 1.165) is 142 Å². The fraction of sp³-hybridized carbons (Fsp3) is 0.273. The lowest BCUT2D eigenvalue weighted by Crippen LogP contribution is -2.20. The second-order valence-corrected chi connectivity index (χ2v) is 21.6. The van der Waals surface area contributed by atoms with Gasteiger partial charge in [-0.1, -0.05) is 36.4 Å². The molecule has 0 spiro atoms. The van der Waals surface area contributed by atoms with Crippen molar-refractivity contribution in [2.45, 2.75) is 77.0 Å². The van der Waals surface area contributed by atoms with Gasteiger partial charge >= 0.3 is 0 Å². The van der Waals surface area contributed by atoms with Crippen LogP contribution in [-0.2, 0) is 25.7 Å². The van der Waals surface area contributed by atoms with E-state index >= 15 is 0 Å². The van der Waals surface area contributed by atoms with Gasteiger partial charge in [-0.2, -0.15) is 0 Å². The number of aromatic amines is 4. The molecule has 79 heavy (non-hydrogen) atoms. The van der Waals surface area contributed by atoms with Crippen molar-refractivity contribution in [1.82, 2.24) is 19.9 Å². The van der Waals surface area contributed by atoms with E-state index in [0.29, 0.717) is 31.5 Å². The molecule has 0 amide bonds. The molecule has 0 aliphatic carbocycles. The number of H-pyrrole nitrogens is 4. The average Bonchev–Trinajstić information content (AvgIpc) is 4.41. The van der Waals surface area contributed by atoms with Crippen LogP contribution in [0, 0.1) is 31.3 Å². The van der Waals surface area contributed by atoms with E-state index in [2.05, 4.69) is 88.4 Å². The zero-order valence-corrected chi connectivity index (χ0v) is 44.8. The number of aryl methyl sites for hydroxylation is 2. The molecule has 2 atom stereocenters. The number of halogens is 3. The highest BCUT2D eigenvalue weighted by atomic mass is 19.1. The van der Waals surface area contributed by atoms with E-state index in [1.54, 1.807) is 26.4 Å². The Kier molecular flexibility index (Phi) is 13.1. The molecule has 10 aromatic rings. The van der Waals surface area contributed by atoms with Crippen molar-refractivity contribution in [1.29, 1.82) is 0 Å². The summed E-state index contributed by atoms with van der Waals surface area (Å²) < 4.78 is 53.8. The summed E-state index contributed by atoms with van der Waals surface area (Å²) in [7, 11) is 3.35. The summed E-state index contributed by atoms with van der Waals surface area (Å²) in [6.07, 6.45) is 6.15. The van der Waals surface area contributed by atoms with Crippen LogP contribution < -0.4 is 9.47 Å². The number of rotatable bonds is 12. The smallest absolute Gasteiger partial charge is 0.126 e. The van der Waals surface area contributed by atoms with Crippen molar-refractivity contribution < 1.29 is 22.6 Å². The predicted molar refractivity (Wildman–Crippen MR) is 313 cm³/mol. The first-order chi connectivity index (χ1) is 38.5. The third-order valence-corrected chi connectivity index (χ3v) is 16.6. The Balaban J connectivity index is 0.000000150. The molecule has 0 fully saturated rings. The zero-order valence-electron chi connectivity index (χ0n) is 44.8. The van der Waals surface area contributed by atoms with Gasteiger partial charge in [0, 0.05) is 88.0 Å². The van der Waals surface area contributed by atoms with Crippen LogP contribution in [-0.4, -0.2) is 83.2 Å². The first kappa shape index (κ1) is 50.1. The number of aromatic nitrogens is 4. The molecule has 0 saturated heterocycles. The van der Waals surface area contributed by atoms with E-state index in [9.17, 15) is 13.2 Å². The molecule has 4 N–H and O–H groups in total. The predicted octanol–water partition coefficient (Wildman–Crippen LogP) is 14.3. The number of hydrogen-bond donors (Lipinski definition) is 4. The van der Waals surface area contributed by atoms with Crippen LogP contribution in [0.15, 0.2) is 135 Å². The van der Waals surface area contributed by atoms with E-state index < -0.39 is 11.6 Å². The summed E-state index contributed by atoms with van der Waals surface area (Å²) in [5.74, 6) is 0.152. The highest BCUT2D eigenvalue weighted by Gasteiger charge is 2.30. The highest BCUT2D eigenvalue weighted by Crippen LogP contribution is 2.39.